The lowest BCUT2D eigenvalue weighted by Gasteiger charge is -2.43. The summed E-state index contributed by atoms with van der Waals surface area (Å²) in [5.74, 6) is -0.0520. The Hall–Kier alpha value is -1.90. The SMILES string of the molecule is COCC[C@@]1(O)CCN(C(=O)c2ccc(C#N)cc2)C[C@@H]1C. The monoisotopic (exact) mass is 302 g/mol. The molecule has 1 aromatic rings. The van der Waals surface area contributed by atoms with Gasteiger partial charge in [0.05, 0.1) is 17.2 Å². The predicted molar refractivity (Wildman–Crippen MR) is 82.3 cm³/mol. The third-order valence-electron chi connectivity index (χ3n) is 4.51. The number of carbonyl (C=O) groups excluding carboxylic acids is 1. The number of hydrogen-bond donors (Lipinski definition) is 1. The Labute approximate surface area is 131 Å². The largest absolute Gasteiger partial charge is 0.389 e. The van der Waals surface area contributed by atoms with Gasteiger partial charge in [-0.15, -0.1) is 0 Å². The Balaban J connectivity index is 2.03. The highest BCUT2D eigenvalue weighted by atomic mass is 16.5. The summed E-state index contributed by atoms with van der Waals surface area (Å²) in [7, 11) is 1.62. The molecule has 22 heavy (non-hydrogen) atoms. The van der Waals surface area contributed by atoms with Crippen LogP contribution in [-0.4, -0.2) is 48.3 Å². The summed E-state index contributed by atoms with van der Waals surface area (Å²) in [5.41, 5.74) is 0.350. The van der Waals surface area contributed by atoms with Gasteiger partial charge in [0.25, 0.3) is 5.91 Å². The fourth-order valence-electron chi connectivity index (χ4n) is 2.87. The van der Waals surface area contributed by atoms with Crippen molar-refractivity contribution in [1.29, 1.82) is 5.26 Å². The zero-order valence-corrected chi connectivity index (χ0v) is 13.1. The number of aliphatic hydroxyl groups is 1. The first kappa shape index (κ1) is 16.5. The highest BCUT2D eigenvalue weighted by molar-refractivity contribution is 5.94. The summed E-state index contributed by atoms with van der Waals surface area (Å²) in [6, 6.07) is 8.69. The van der Waals surface area contributed by atoms with Crippen LogP contribution in [0, 0.1) is 17.2 Å². The lowest BCUT2D eigenvalue weighted by atomic mass is 9.79. The van der Waals surface area contributed by atoms with Crippen molar-refractivity contribution < 1.29 is 14.6 Å². The summed E-state index contributed by atoms with van der Waals surface area (Å²) < 4.78 is 5.06. The van der Waals surface area contributed by atoms with Gasteiger partial charge in [0, 0.05) is 38.3 Å². The topological polar surface area (TPSA) is 73.6 Å². The molecule has 0 bridgehead atoms. The van der Waals surface area contributed by atoms with Crippen molar-refractivity contribution in [2.75, 3.05) is 26.8 Å². The smallest absolute Gasteiger partial charge is 0.253 e. The lowest BCUT2D eigenvalue weighted by molar-refractivity contribution is -0.0750. The maximum absolute atomic E-state index is 12.5. The Bertz CT molecular complexity index is 564. The molecular weight excluding hydrogens is 280 g/mol. The van der Waals surface area contributed by atoms with Crippen LogP contribution in [0.5, 0.6) is 0 Å². The molecule has 118 valence electrons. The van der Waals surface area contributed by atoms with Gasteiger partial charge in [-0.1, -0.05) is 6.92 Å². The number of benzene rings is 1. The Kier molecular flexibility index (Phi) is 5.17. The highest BCUT2D eigenvalue weighted by Crippen LogP contribution is 2.31. The summed E-state index contributed by atoms with van der Waals surface area (Å²) >= 11 is 0. The summed E-state index contributed by atoms with van der Waals surface area (Å²) in [6.45, 7) is 3.54. The first-order valence-electron chi connectivity index (χ1n) is 7.51. The molecule has 1 saturated heterocycles. The molecule has 2 atom stereocenters. The lowest BCUT2D eigenvalue weighted by Crippen LogP contribution is -2.52. The maximum atomic E-state index is 12.5. The second-order valence-corrected chi connectivity index (χ2v) is 5.94. The van der Waals surface area contributed by atoms with Crippen LogP contribution in [0.1, 0.15) is 35.7 Å². The van der Waals surface area contributed by atoms with Crippen LogP contribution in [0.4, 0.5) is 0 Å². The van der Waals surface area contributed by atoms with E-state index >= 15 is 0 Å². The van der Waals surface area contributed by atoms with Crippen molar-refractivity contribution in [2.24, 2.45) is 5.92 Å². The average Bonchev–Trinajstić information content (AvgIpc) is 2.55. The van der Waals surface area contributed by atoms with Gasteiger partial charge in [0.2, 0.25) is 0 Å². The number of methoxy groups -OCH3 is 1. The number of piperidine rings is 1. The van der Waals surface area contributed by atoms with Crippen molar-refractivity contribution in [3.8, 4) is 6.07 Å². The molecule has 1 aliphatic rings. The molecule has 1 fully saturated rings. The van der Waals surface area contributed by atoms with Crippen LogP contribution in [0.3, 0.4) is 0 Å². The van der Waals surface area contributed by atoms with Crippen LogP contribution in [0.25, 0.3) is 0 Å². The van der Waals surface area contributed by atoms with Crippen molar-refractivity contribution in [2.45, 2.75) is 25.4 Å². The van der Waals surface area contributed by atoms with E-state index in [1.54, 1.807) is 36.3 Å². The zero-order chi connectivity index (χ0) is 16.2. The first-order valence-corrected chi connectivity index (χ1v) is 7.51. The number of likely N-dealkylation sites (tertiary alicyclic amines) is 1. The number of nitriles is 1. The number of rotatable bonds is 4. The van der Waals surface area contributed by atoms with E-state index in [0.29, 0.717) is 43.7 Å². The maximum Gasteiger partial charge on any atom is 0.253 e. The van der Waals surface area contributed by atoms with Crippen LogP contribution in [-0.2, 0) is 4.74 Å². The first-order chi connectivity index (χ1) is 10.5. The second kappa shape index (κ2) is 6.91. The van der Waals surface area contributed by atoms with E-state index in [1.807, 2.05) is 13.0 Å². The van der Waals surface area contributed by atoms with Crippen LogP contribution in [0.2, 0.25) is 0 Å². The molecule has 5 heteroatoms. The molecule has 0 radical (unpaired) electrons. The molecule has 1 N–H and O–H groups in total. The molecule has 2 rings (SSSR count). The summed E-state index contributed by atoms with van der Waals surface area (Å²) in [6.07, 6.45) is 1.14. The molecule has 1 aromatic carbocycles. The molecule has 0 saturated carbocycles. The Morgan fingerprint density at radius 2 is 2.18 bits per heavy atom. The standard InChI is InChI=1S/C17H22N2O3/c1-13-12-19(9-7-17(13,21)8-10-22-2)16(20)15-5-3-14(11-18)4-6-15/h3-6,13,21H,7-10,12H2,1-2H3/t13-,17-/m0/s1. The van der Waals surface area contributed by atoms with E-state index < -0.39 is 5.60 Å². The average molecular weight is 302 g/mol. The molecule has 0 aromatic heterocycles. The van der Waals surface area contributed by atoms with Crippen molar-refractivity contribution in [1.82, 2.24) is 4.90 Å². The molecule has 0 spiro atoms. The summed E-state index contributed by atoms with van der Waals surface area (Å²) in [5, 5.41) is 19.5. The van der Waals surface area contributed by atoms with Crippen LogP contribution >= 0.6 is 0 Å². The van der Waals surface area contributed by atoms with E-state index in [4.69, 9.17) is 10.00 Å². The van der Waals surface area contributed by atoms with Gasteiger partial charge in [-0.05, 0) is 37.1 Å². The fourth-order valence-corrected chi connectivity index (χ4v) is 2.87. The van der Waals surface area contributed by atoms with Gasteiger partial charge < -0.3 is 14.7 Å². The van der Waals surface area contributed by atoms with E-state index in [1.165, 1.54) is 0 Å². The minimum atomic E-state index is -0.766. The van der Waals surface area contributed by atoms with E-state index in [2.05, 4.69) is 0 Å². The van der Waals surface area contributed by atoms with Crippen LogP contribution < -0.4 is 0 Å². The van der Waals surface area contributed by atoms with Crippen molar-refractivity contribution >= 4 is 5.91 Å². The Morgan fingerprint density at radius 3 is 2.73 bits per heavy atom. The highest BCUT2D eigenvalue weighted by Gasteiger charge is 2.39. The van der Waals surface area contributed by atoms with Crippen molar-refractivity contribution in [3.05, 3.63) is 35.4 Å². The van der Waals surface area contributed by atoms with E-state index in [9.17, 15) is 9.90 Å². The van der Waals surface area contributed by atoms with Gasteiger partial charge in [0.1, 0.15) is 0 Å². The number of ether oxygens (including phenoxy) is 1. The molecule has 1 heterocycles. The van der Waals surface area contributed by atoms with Gasteiger partial charge in [-0.2, -0.15) is 5.26 Å². The van der Waals surface area contributed by atoms with E-state index in [0.717, 1.165) is 0 Å². The Morgan fingerprint density at radius 1 is 1.50 bits per heavy atom. The van der Waals surface area contributed by atoms with Crippen LogP contribution in [0.15, 0.2) is 24.3 Å². The third kappa shape index (κ3) is 3.46. The minimum absolute atomic E-state index is 0.00117. The number of nitrogens with zero attached hydrogens (tertiary/aromatic N) is 2. The second-order valence-electron chi connectivity index (χ2n) is 5.94. The molecule has 5 nitrogen and oxygen atoms in total. The normalized spacial score (nSPS) is 24.8. The van der Waals surface area contributed by atoms with E-state index in [-0.39, 0.29) is 11.8 Å². The zero-order valence-electron chi connectivity index (χ0n) is 13.1. The van der Waals surface area contributed by atoms with Gasteiger partial charge in [-0.3, -0.25) is 4.79 Å². The number of hydrogen-bond acceptors (Lipinski definition) is 4. The van der Waals surface area contributed by atoms with Gasteiger partial charge in [-0.25, -0.2) is 0 Å². The molecule has 1 aliphatic heterocycles. The fraction of sp³-hybridized carbons (Fsp3) is 0.529. The van der Waals surface area contributed by atoms with Gasteiger partial charge >= 0.3 is 0 Å². The molecule has 0 aliphatic carbocycles. The van der Waals surface area contributed by atoms with Gasteiger partial charge in [0.15, 0.2) is 0 Å². The summed E-state index contributed by atoms with van der Waals surface area (Å²) in [4.78, 5) is 14.3. The quantitative estimate of drug-likeness (QED) is 0.920. The predicted octanol–water partition coefficient (Wildman–Crippen LogP) is 1.81. The number of amides is 1. The molecule has 0 unspecified atom stereocenters. The minimum Gasteiger partial charge on any atom is -0.389 e. The van der Waals surface area contributed by atoms with Crippen molar-refractivity contribution in [3.63, 3.8) is 0 Å². The number of carbonyl (C=O) groups is 1. The molecule has 1 amide bonds. The molecular formula is C17H22N2O3. The third-order valence-corrected chi connectivity index (χ3v) is 4.51.